The minimum Gasteiger partial charge on any atom is -0.481 e. The summed E-state index contributed by atoms with van der Waals surface area (Å²) in [6, 6.07) is 0. The molecule has 4 heteroatoms. The van der Waals surface area contributed by atoms with E-state index in [4.69, 9.17) is 9.84 Å². The van der Waals surface area contributed by atoms with Gasteiger partial charge < -0.3 is 9.84 Å². The summed E-state index contributed by atoms with van der Waals surface area (Å²) in [5.74, 6) is -0.634. The third-order valence-electron chi connectivity index (χ3n) is 0.991. The molecule has 1 N–H and O–H groups in total. The van der Waals surface area contributed by atoms with Crippen molar-refractivity contribution in [1.82, 2.24) is 0 Å². The van der Waals surface area contributed by atoms with E-state index in [0.717, 1.165) is 0 Å². The van der Waals surface area contributed by atoms with E-state index >= 15 is 0 Å². The fraction of sp³-hybridized carbons (Fsp3) is 0.833. The van der Waals surface area contributed by atoms with Crippen LogP contribution in [0.2, 0.25) is 0 Å². The van der Waals surface area contributed by atoms with Gasteiger partial charge in [0.05, 0.1) is 18.5 Å². The van der Waals surface area contributed by atoms with Crippen molar-refractivity contribution in [2.24, 2.45) is 5.92 Å². The standard InChI is InChI=1S/C6H12O3S/c1-5(6(7)8)3-9-4-10-2/h5H,3-4H2,1-2H3,(H,7,8)/t5-/m0/s1. The van der Waals surface area contributed by atoms with Gasteiger partial charge in [0.2, 0.25) is 0 Å². The average molecular weight is 164 g/mol. The van der Waals surface area contributed by atoms with Gasteiger partial charge in [-0.05, 0) is 13.2 Å². The Kier molecular flexibility index (Phi) is 5.43. The van der Waals surface area contributed by atoms with Gasteiger partial charge in [0.1, 0.15) is 0 Å². The first-order chi connectivity index (χ1) is 4.68. The molecule has 0 aromatic carbocycles. The van der Waals surface area contributed by atoms with Crippen LogP contribution in [0.4, 0.5) is 0 Å². The highest BCUT2D eigenvalue weighted by molar-refractivity contribution is 7.98. The predicted octanol–water partition coefficient (Wildman–Crippen LogP) is 1.04. The number of carbonyl (C=O) groups is 1. The lowest BCUT2D eigenvalue weighted by Crippen LogP contribution is -2.15. The van der Waals surface area contributed by atoms with Gasteiger partial charge in [0.25, 0.3) is 0 Å². The Morgan fingerprint density at radius 1 is 1.80 bits per heavy atom. The second kappa shape index (κ2) is 5.56. The SMILES string of the molecule is CSCOC[C@H](C)C(=O)O. The van der Waals surface area contributed by atoms with Crippen LogP contribution in [0.5, 0.6) is 0 Å². The molecule has 0 aliphatic rings. The van der Waals surface area contributed by atoms with Crippen molar-refractivity contribution < 1.29 is 14.6 Å². The molecule has 0 radical (unpaired) electrons. The Bertz CT molecular complexity index is 105. The number of rotatable bonds is 5. The van der Waals surface area contributed by atoms with Crippen molar-refractivity contribution in [2.45, 2.75) is 6.92 Å². The molecule has 0 amide bonds. The van der Waals surface area contributed by atoms with Crippen LogP contribution in [0.25, 0.3) is 0 Å². The highest BCUT2D eigenvalue weighted by Gasteiger charge is 2.09. The van der Waals surface area contributed by atoms with Crippen LogP contribution >= 0.6 is 11.8 Å². The van der Waals surface area contributed by atoms with E-state index in [1.807, 2.05) is 6.26 Å². The van der Waals surface area contributed by atoms with E-state index in [0.29, 0.717) is 12.5 Å². The van der Waals surface area contributed by atoms with Gasteiger partial charge in [0, 0.05) is 0 Å². The molecule has 0 saturated heterocycles. The number of thioether (sulfide) groups is 1. The molecule has 0 heterocycles. The molecular weight excluding hydrogens is 152 g/mol. The molecule has 0 spiro atoms. The summed E-state index contributed by atoms with van der Waals surface area (Å²) in [5.41, 5.74) is 0. The topological polar surface area (TPSA) is 46.5 Å². The van der Waals surface area contributed by atoms with Crippen molar-refractivity contribution in [3.05, 3.63) is 0 Å². The molecule has 10 heavy (non-hydrogen) atoms. The summed E-state index contributed by atoms with van der Waals surface area (Å²) in [7, 11) is 0. The molecule has 0 aliphatic carbocycles. The number of carboxylic acid groups (broad SMARTS) is 1. The molecule has 3 nitrogen and oxygen atoms in total. The summed E-state index contributed by atoms with van der Waals surface area (Å²) < 4.78 is 4.99. The molecule has 0 aromatic heterocycles. The van der Waals surface area contributed by atoms with Gasteiger partial charge >= 0.3 is 5.97 Å². The smallest absolute Gasteiger partial charge is 0.308 e. The van der Waals surface area contributed by atoms with E-state index in [1.165, 1.54) is 0 Å². The van der Waals surface area contributed by atoms with E-state index in [1.54, 1.807) is 18.7 Å². The van der Waals surface area contributed by atoms with E-state index in [9.17, 15) is 4.79 Å². The van der Waals surface area contributed by atoms with E-state index < -0.39 is 11.9 Å². The Hall–Kier alpha value is -0.220. The van der Waals surface area contributed by atoms with Crippen molar-refractivity contribution in [1.29, 1.82) is 0 Å². The molecule has 0 aliphatic heterocycles. The molecule has 0 aromatic rings. The Morgan fingerprint density at radius 3 is 2.80 bits per heavy atom. The summed E-state index contributed by atoms with van der Waals surface area (Å²) in [6.07, 6.45) is 1.91. The second-order valence-corrected chi connectivity index (χ2v) is 2.83. The zero-order valence-corrected chi connectivity index (χ0v) is 6.98. The minimum atomic E-state index is -0.805. The normalized spacial score (nSPS) is 13.0. The van der Waals surface area contributed by atoms with Crippen molar-refractivity contribution in [2.75, 3.05) is 18.8 Å². The quantitative estimate of drug-likeness (QED) is 0.487. The monoisotopic (exact) mass is 164 g/mol. The van der Waals surface area contributed by atoms with Gasteiger partial charge in [-0.15, -0.1) is 11.8 Å². The average Bonchev–Trinajstić information content (AvgIpc) is 1.88. The Labute approximate surface area is 64.8 Å². The maximum absolute atomic E-state index is 10.2. The lowest BCUT2D eigenvalue weighted by molar-refractivity contribution is -0.142. The first kappa shape index (κ1) is 9.78. The van der Waals surface area contributed by atoms with Crippen molar-refractivity contribution >= 4 is 17.7 Å². The van der Waals surface area contributed by atoms with Crippen LogP contribution in [-0.2, 0) is 9.53 Å². The molecule has 0 bridgehead atoms. The van der Waals surface area contributed by atoms with Crippen LogP contribution in [0.1, 0.15) is 6.92 Å². The third-order valence-corrected chi connectivity index (χ3v) is 1.39. The number of aliphatic carboxylic acids is 1. The fourth-order valence-corrected chi connectivity index (χ4v) is 0.642. The first-order valence-corrected chi connectivity index (χ1v) is 4.37. The van der Waals surface area contributed by atoms with Gasteiger partial charge in [-0.2, -0.15) is 0 Å². The van der Waals surface area contributed by atoms with E-state index in [2.05, 4.69) is 0 Å². The van der Waals surface area contributed by atoms with E-state index in [-0.39, 0.29) is 0 Å². The van der Waals surface area contributed by atoms with Crippen molar-refractivity contribution in [3.63, 3.8) is 0 Å². The third kappa shape index (κ3) is 4.64. The lowest BCUT2D eigenvalue weighted by atomic mass is 10.2. The molecule has 0 rings (SSSR count). The summed E-state index contributed by atoms with van der Waals surface area (Å²) in [6.45, 7) is 1.93. The number of carboxylic acids is 1. The molecule has 1 atom stereocenters. The molecule has 60 valence electrons. The van der Waals surface area contributed by atoms with Gasteiger partial charge in [0.15, 0.2) is 0 Å². The first-order valence-electron chi connectivity index (χ1n) is 2.98. The highest BCUT2D eigenvalue weighted by atomic mass is 32.2. The minimum absolute atomic E-state index is 0.302. The van der Waals surface area contributed by atoms with Gasteiger partial charge in [-0.25, -0.2) is 0 Å². The zero-order chi connectivity index (χ0) is 7.98. The zero-order valence-electron chi connectivity index (χ0n) is 6.16. The molecule has 0 saturated carbocycles. The van der Waals surface area contributed by atoms with Gasteiger partial charge in [-0.3, -0.25) is 4.79 Å². The predicted molar refractivity (Wildman–Crippen MR) is 41.1 cm³/mol. The van der Waals surface area contributed by atoms with Crippen LogP contribution in [0.15, 0.2) is 0 Å². The van der Waals surface area contributed by atoms with Crippen LogP contribution in [0.3, 0.4) is 0 Å². The number of ether oxygens (including phenoxy) is 1. The Morgan fingerprint density at radius 2 is 2.40 bits per heavy atom. The Balaban J connectivity index is 3.21. The lowest BCUT2D eigenvalue weighted by Gasteiger charge is -2.04. The van der Waals surface area contributed by atoms with Crippen LogP contribution in [-0.4, -0.2) is 29.9 Å². The van der Waals surface area contributed by atoms with Crippen LogP contribution < -0.4 is 0 Å². The summed E-state index contributed by atoms with van der Waals surface area (Å²) in [4.78, 5) is 10.2. The number of hydrogen-bond donors (Lipinski definition) is 1. The maximum atomic E-state index is 10.2. The van der Waals surface area contributed by atoms with Crippen LogP contribution in [0, 0.1) is 5.92 Å². The largest absolute Gasteiger partial charge is 0.481 e. The number of hydrogen-bond acceptors (Lipinski definition) is 3. The molecule has 0 fully saturated rings. The molecule has 0 unspecified atom stereocenters. The highest BCUT2D eigenvalue weighted by Crippen LogP contribution is 1.98. The van der Waals surface area contributed by atoms with Crippen molar-refractivity contribution in [3.8, 4) is 0 Å². The fourth-order valence-electron chi connectivity index (χ4n) is 0.380. The second-order valence-electron chi connectivity index (χ2n) is 2.02. The summed E-state index contributed by atoms with van der Waals surface area (Å²) in [5, 5.41) is 8.39. The van der Waals surface area contributed by atoms with Gasteiger partial charge in [-0.1, -0.05) is 0 Å². The summed E-state index contributed by atoms with van der Waals surface area (Å²) >= 11 is 1.54. The molecular formula is C6H12O3S. The maximum Gasteiger partial charge on any atom is 0.308 e.